The number of piperazine rings is 1. The lowest BCUT2D eigenvalue weighted by molar-refractivity contribution is -0.127. The van der Waals surface area contributed by atoms with Crippen molar-refractivity contribution in [1.29, 1.82) is 0 Å². The predicted octanol–water partition coefficient (Wildman–Crippen LogP) is 2.38. The highest BCUT2D eigenvalue weighted by atomic mass is 32.2. The molecule has 1 aliphatic carbocycles. The number of aryl methyl sites for hydroxylation is 1. The van der Waals surface area contributed by atoms with E-state index in [2.05, 4.69) is 17.1 Å². The van der Waals surface area contributed by atoms with Crippen LogP contribution in [0.4, 0.5) is 0 Å². The van der Waals surface area contributed by atoms with Crippen LogP contribution in [0.15, 0.2) is 29.2 Å². The SMILES string of the molecule is Cc1ccc(S(=O)(=O)N2CCN(C(C)C(=O)NC3CCCCC3C)CC2)cc1. The topological polar surface area (TPSA) is 69.7 Å². The molecule has 7 heteroatoms. The van der Waals surface area contributed by atoms with Crippen LogP contribution in [-0.2, 0) is 14.8 Å². The summed E-state index contributed by atoms with van der Waals surface area (Å²) in [5.41, 5.74) is 1.04. The minimum absolute atomic E-state index is 0.0635. The molecule has 3 unspecified atom stereocenters. The molecule has 0 spiro atoms. The summed E-state index contributed by atoms with van der Waals surface area (Å²) in [7, 11) is -3.47. The van der Waals surface area contributed by atoms with Crippen LogP contribution in [0, 0.1) is 12.8 Å². The second-order valence-electron chi connectivity index (χ2n) is 8.31. The molecule has 3 rings (SSSR count). The van der Waals surface area contributed by atoms with Crippen LogP contribution < -0.4 is 5.32 Å². The number of hydrogen-bond acceptors (Lipinski definition) is 4. The Hall–Kier alpha value is -1.44. The minimum Gasteiger partial charge on any atom is -0.352 e. The summed E-state index contributed by atoms with van der Waals surface area (Å²) >= 11 is 0. The average molecular weight is 408 g/mol. The number of hydrogen-bond donors (Lipinski definition) is 1. The highest BCUT2D eigenvalue weighted by Crippen LogP contribution is 2.24. The van der Waals surface area contributed by atoms with Gasteiger partial charge in [0.15, 0.2) is 0 Å². The molecule has 3 atom stereocenters. The summed E-state index contributed by atoms with van der Waals surface area (Å²) < 4.78 is 27.2. The normalized spacial score (nSPS) is 26.0. The number of carbonyl (C=O) groups excluding carboxylic acids is 1. The molecule has 1 saturated heterocycles. The van der Waals surface area contributed by atoms with Gasteiger partial charge in [0.1, 0.15) is 0 Å². The van der Waals surface area contributed by atoms with Crippen LogP contribution in [0.5, 0.6) is 0 Å². The lowest BCUT2D eigenvalue weighted by atomic mass is 9.86. The van der Waals surface area contributed by atoms with E-state index in [0.29, 0.717) is 37.0 Å². The van der Waals surface area contributed by atoms with Gasteiger partial charge in [-0.2, -0.15) is 4.31 Å². The Labute approximate surface area is 169 Å². The summed E-state index contributed by atoms with van der Waals surface area (Å²) in [6, 6.07) is 7.01. The van der Waals surface area contributed by atoms with Gasteiger partial charge in [0.25, 0.3) is 0 Å². The predicted molar refractivity (Wildman–Crippen MR) is 111 cm³/mol. The summed E-state index contributed by atoms with van der Waals surface area (Å²) in [4.78, 5) is 15.1. The molecular formula is C21H33N3O3S. The van der Waals surface area contributed by atoms with E-state index in [1.54, 1.807) is 12.1 Å². The number of carbonyl (C=O) groups is 1. The maximum absolute atomic E-state index is 12.8. The fraction of sp³-hybridized carbons (Fsp3) is 0.667. The summed E-state index contributed by atoms with van der Waals surface area (Å²) in [5.74, 6) is 0.593. The second-order valence-corrected chi connectivity index (χ2v) is 10.2. The summed E-state index contributed by atoms with van der Waals surface area (Å²) in [6.45, 7) is 8.03. The Balaban J connectivity index is 1.55. The largest absolute Gasteiger partial charge is 0.352 e. The van der Waals surface area contributed by atoms with E-state index in [1.807, 2.05) is 26.0 Å². The van der Waals surface area contributed by atoms with Crippen LogP contribution in [-0.4, -0.2) is 61.8 Å². The molecule has 1 aromatic carbocycles. The van der Waals surface area contributed by atoms with Crippen molar-refractivity contribution >= 4 is 15.9 Å². The average Bonchev–Trinajstić information content (AvgIpc) is 2.69. The lowest BCUT2D eigenvalue weighted by Gasteiger charge is -2.38. The molecule has 6 nitrogen and oxygen atoms in total. The summed E-state index contributed by atoms with van der Waals surface area (Å²) in [6.07, 6.45) is 4.66. The van der Waals surface area contributed by atoms with Crippen molar-refractivity contribution in [3.8, 4) is 0 Å². The molecule has 1 saturated carbocycles. The minimum atomic E-state index is -3.47. The molecular weight excluding hydrogens is 374 g/mol. The Kier molecular flexibility index (Phi) is 6.78. The first-order valence-corrected chi connectivity index (χ1v) is 11.8. The maximum atomic E-state index is 12.8. The summed E-state index contributed by atoms with van der Waals surface area (Å²) in [5, 5.41) is 3.23. The third-order valence-corrected chi connectivity index (χ3v) is 8.21. The molecule has 0 radical (unpaired) electrons. The van der Waals surface area contributed by atoms with Gasteiger partial charge in [-0.3, -0.25) is 9.69 Å². The monoisotopic (exact) mass is 407 g/mol. The molecule has 28 heavy (non-hydrogen) atoms. The molecule has 1 heterocycles. The van der Waals surface area contributed by atoms with Crippen LogP contribution in [0.3, 0.4) is 0 Å². The Bertz CT molecular complexity index is 771. The zero-order valence-electron chi connectivity index (χ0n) is 17.2. The third kappa shape index (κ3) is 4.75. The fourth-order valence-electron chi connectivity index (χ4n) is 4.19. The van der Waals surface area contributed by atoms with E-state index in [9.17, 15) is 13.2 Å². The van der Waals surface area contributed by atoms with Crippen molar-refractivity contribution in [2.75, 3.05) is 26.2 Å². The molecule has 156 valence electrons. The van der Waals surface area contributed by atoms with Crippen molar-refractivity contribution in [3.05, 3.63) is 29.8 Å². The molecule has 0 aromatic heterocycles. The molecule has 2 aliphatic rings. The van der Waals surface area contributed by atoms with Crippen molar-refractivity contribution < 1.29 is 13.2 Å². The molecule has 1 aromatic rings. The molecule has 1 amide bonds. The second kappa shape index (κ2) is 8.93. The van der Waals surface area contributed by atoms with Gasteiger partial charge in [0.05, 0.1) is 10.9 Å². The maximum Gasteiger partial charge on any atom is 0.243 e. The van der Waals surface area contributed by atoms with Crippen LogP contribution >= 0.6 is 0 Å². The van der Waals surface area contributed by atoms with Crippen molar-refractivity contribution in [3.63, 3.8) is 0 Å². The van der Waals surface area contributed by atoms with Crippen LogP contribution in [0.2, 0.25) is 0 Å². The van der Waals surface area contributed by atoms with Gasteiger partial charge in [0.2, 0.25) is 15.9 Å². The Morgan fingerprint density at radius 1 is 1.07 bits per heavy atom. The molecule has 2 fully saturated rings. The number of rotatable bonds is 5. The lowest BCUT2D eigenvalue weighted by Crippen LogP contribution is -2.56. The van der Waals surface area contributed by atoms with Crippen molar-refractivity contribution in [2.45, 2.75) is 63.4 Å². The first kappa shape index (κ1) is 21.3. The Morgan fingerprint density at radius 3 is 2.29 bits per heavy atom. The van der Waals surface area contributed by atoms with Crippen LogP contribution in [0.25, 0.3) is 0 Å². The van der Waals surface area contributed by atoms with E-state index >= 15 is 0 Å². The van der Waals surface area contributed by atoms with E-state index in [1.165, 1.54) is 23.6 Å². The van der Waals surface area contributed by atoms with Crippen molar-refractivity contribution in [1.82, 2.24) is 14.5 Å². The van der Waals surface area contributed by atoms with Gasteiger partial charge in [0, 0.05) is 32.2 Å². The number of sulfonamides is 1. The van der Waals surface area contributed by atoms with Gasteiger partial charge in [-0.25, -0.2) is 8.42 Å². The van der Waals surface area contributed by atoms with E-state index in [4.69, 9.17) is 0 Å². The highest BCUT2D eigenvalue weighted by Gasteiger charge is 2.33. The van der Waals surface area contributed by atoms with Gasteiger partial charge in [-0.15, -0.1) is 0 Å². The smallest absolute Gasteiger partial charge is 0.243 e. The van der Waals surface area contributed by atoms with Gasteiger partial charge in [-0.1, -0.05) is 37.5 Å². The zero-order chi connectivity index (χ0) is 20.3. The number of nitrogens with zero attached hydrogens (tertiary/aromatic N) is 2. The van der Waals surface area contributed by atoms with E-state index < -0.39 is 10.0 Å². The number of benzene rings is 1. The zero-order valence-corrected chi connectivity index (χ0v) is 18.0. The number of nitrogens with one attached hydrogen (secondary N) is 1. The van der Waals surface area contributed by atoms with Gasteiger partial charge in [-0.05, 0) is 44.7 Å². The Morgan fingerprint density at radius 2 is 1.68 bits per heavy atom. The van der Waals surface area contributed by atoms with Gasteiger partial charge >= 0.3 is 0 Å². The van der Waals surface area contributed by atoms with E-state index in [-0.39, 0.29) is 18.0 Å². The fourth-order valence-corrected chi connectivity index (χ4v) is 5.61. The quantitative estimate of drug-likeness (QED) is 0.814. The van der Waals surface area contributed by atoms with E-state index in [0.717, 1.165) is 12.0 Å². The van der Waals surface area contributed by atoms with Gasteiger partial charge < -0.3 is 5.32 Å². The molecule has 1 N–H and O–H groups in total. The highest BCUT2D eigenvalue weighted by molar-refractivity contribution is 7.89. The van der Waals surface area contributed by atoms with Crippen LogP contribution in [0.1, 0.15) is 45.1 Å². The number of amides is 1. The first-order valence-electron chi connectivity index (χ1n) is 10.4. The first-order chi connectivity index (χ1) is 13.3. The third-order valence-electron chi connectivity index (χ3n) is 6.30. The van der Waals surface area contributed by atoms with Crippen molar-refractivity contribution in [2.24, 2.45) is 5.92 Å². The standard InChI is InChI=1S/C21H33N3O3S/c1-16-8-10-19(11-9-16)28(26,27)24-14-12-23(13-15-24)18(3)21(25)22-20-7-5-4-6-17(20)2/h8-11,17-18,20H,4-7,12-15H2,1-3H3,(H,22,25). The molecule has 0 bridgehead atoms. The molecule has 1 aliphatic heterocycles.